The summed E-state index contributed by atoms with van der Waals surface area (Å²) in [5.74, 6) is 0.825. The first-order valence-corrected chi connectivity index (χ1v) is 9.18. The van der Waals surface area contributed by atoms with Crippen LogP contribution in [-0.2, 0) is 0 Å². The SMILES string of the molecule is CCCCCC(NCC)c1ccc(C2CCCCC2)cc1. The van der Waals surface area contributed by atoms with Crippen molar-refractivity contribution in [2.75, 3.05) is 6.54 Å². The van der Waals surface area contributed by atoms with Crippen molar-refractivity contribution in [3.8, 4) is 0 Å². The quantitative estimate of drug-likeness (QED) is 0.581. The second-order valence-electron chi connectivity index (χ2n) is 6.61. The van der Waals surface area contributed by atoms with E-state index in [0.29, 0.717) is 6.04 Å². The van der Waals surface area contributed by atoms with Crippen LogP contribution in [0.2, 0.25) is 0 Å². The Morgan fingerprint density at radius 1 is 1.00 bits per heavy atom. The maximum atomic E-state index is 3.66. The summed E-state index contributed by atoms with van der Waals surface area (Å²) < 4.78 is 0. The monoisotopic (exact) mass is 287 g/mol. The normalized spacial score (nSPS) is 17.8. The predicted molar refractivity (Wildman–Crippen MR) is 92.8 cm³/mol. The lowest BCUT2D eigenvalue weighted by Gasteiger charge is -2.23. The van der Waals surface area contributed by atoms with E-state index in [1.165, 1.54) is 63.4 Å². The summed E-state index contributed by atoms with van der Waals surface area (Å²) in [6.07, 6.45) is 12.3. The van der Waals surface area contributed by atoms with E-state index in [0.717, 1.165) is 12.5 Å². The number of benzene rings is 1. The highest BCUT2D eigenvalue weighted by atomic mass is 14.9. The first-order chi connectivity index (χ1) is 10.3. The molecule has 1 fully saturated rings. The molecule has 0 aliphatic heterocycles. The summed E-state index contributed by atoms with van der Waals surface area (Å²) in [5.41, 5.74) is 3.05. The third-order valence-corrected chi connectivity index (χ3v) is 4.96. The Kier molecular flexibility index (Phi) is 7.29. The summed E-state index contributed by atoms with van der Waals surface area (Å²) in [6.45, 7) is 5.55. The summed E-state index contributed by atoms with van der Waals surface area (Å²) in [5, 5.41) is 3.66. The summed E-state index contributed by atoms with van der Waals surface area (Å²) >= 11 is 0. The Morgan fingerprint density at radius 3 is 2.33 bits per heavy atom. The van der Waals surface area contributed by atoms with Gasteiger partial charge < -0.3 is 5.32 Å². The van der Waals surface area contributed by atoms with E-state index in [2.05, 4.69) is 43.4 Å². The number of unbranched alkanes of at least 4 members (excludes halogenated alkanes) is 2. The van der Waals surface area contributed by atoms with Gasteiger partial charge in [-0.05, 0) is 42.9 Å². The van der Waals surface area contributed by atoms with Gasteiger partial charge in [0.15, 0.2) is 0 Å². The molecule has 2 rings (SSSR count). The molecule has 1 aliphatic carbocycles. The van der Waals surface area contributed by atoms with Gasteiger partial charge in [-0.2, -0.15) is 0 Å². The minimum absolute atomic E-state index is 0.543. The molecule has 1 aromatic rings. The van der Waals surface area contributed by atoms with Crippen LogP contribution in [0, 0.1) is 0 Å². The molecule has 0 spiro atoms. The maximum absolute atomic E-state index is 3.66. The largest absolute Gasteiger partial charge is 0.310 e. The number of hydrogen-bond donors (Lipinski definition) is 1. The van der Waals surface area contributed by atoms with Crippen molar-refractivity contribution >= 4 is 0 Å². The second-order valence-corrected chi connectivity index (χ2v) is 6.61. The summed E-state index contributed by atoms with van der Waals surface area (Å²) in [7, 11) is 0. The van der Waals surface area contributed by atoms with Crippen molar-refractivity contribution in [2.24, 2.45) is 0 Å². The molecule has 0 heterocycles. The average Bonchev–Trinajstić information content (AvgIpc) is 2.55. The van der Waals surface area contributed by atoms with Crippen molar-refractivity contribution in [1.82, 2.24) is 5.32 Å². The molecule has 0 saturated heterocycles. The molecule has 0 bridgehead atoms. The van der Waals surface area contributed by atoms with E-state index in [4.69, 9.17) is 0 Å². The maximum Gasteiger partial charge on any atom is 0.0320 e. The fraction of sp³-hybridized carbons (Fsp3) is 0.700. The van der Waals surface area contributed by atoms with Gasteiger partial charge in [0.25, 0.3) is 0 Å². The highest BCUT2D eigenvalue weighted by molar-refractivity contribution is 5.27. The molecule has 1 N–H and O–H groups in total. The fourth-order valence-electron chi connectivity index (χ4n) is 3.67. The van der Waals surface area contributed by atoms with E-state index in [1.54, 1.807) is 5.56 Å². The van der Waals surface area contributed by atoms with E-state index in [-0.39, 0.29) is 0 Å². The van der Waals surface area contributed by atoms with E-state index in [9.17, 15) is 0 Å². The first kappa shape index (κ1) is 16.5. The molecule has 118 valence electrons. The van der Waals surface area contributed by atoms with E-state index < -0.39 is 0 Å². The van der Waals surface area contributed by atoms with Crippen molar-refractivity contribution in [1.29, 1.82) is 0 Å². The lowest BCUT2D eigenvalue weighted by molar-refractivity contribution is 0.443. The summed E-state index contributed by atoms with van der Waals surface area (Å²) in [6, 6.07) is 10.1. The molecule has 1 aliphatic rings. The van der Waals surface area contributed by atoms with Crippen molar-refractivity contribution in [3.63, 3.8) is 0 Å². The Bertz CT molecular complexity index is 375. The molecule has 0 aromatic heterocycles. The first-order valence-electron chi connectivity index (χ1n) is 9.18. The third-order valence-electron chi connectivity index (χ3n) is 4.96. The molecule has 1 nitrogen and oxygen atoms in total. The van der Waals surface area contributed by atoms with Crippen LogP contribution in [0.1, 0.15) is 94.7 Å². The average molecular weight is 287 g/mol. The van der Waals surface area contributed by atoms with Crippen molar-refractivity contribution in [3.05, 3.63) is 35.4 Å². The standard InChI is InChI=1S/C20H33N/c1-3-5-7-12-20(21-4-2)19-15-13-18(14-16-19)17-10-8-6-9-11-17/h13-17,20-21H,3-12H2,1-2H3. The zero-order chi connectivity index (χ0) is 14.9. The van der Waals surface area contributed by atoms with Crippen LogP contribution in [-0.4, -0.2) is 6.54 Å². The Balaban J connectivity index is 1.96. The van der Waals surface area contributed by atoms with Crippen LogP contribution >= 0.6 is 0 Å². The molecular formula is C20H33N. The topological polar surface area (TPSA) is 12.0 Å². The second kappa shape index (κ2) is 9.25. The van der Waals surface area contributed by atoms with Gasteiger partial charge >= 0.3 is 0 Å². The molecule has 1 atom stereocenters. The zero-order valence-electron chi connectivity index (χ0n) is 14.0. The van der Waals surface area contributed by atoms with Gasteiger partial charge in [-0.3, -0.25) is 0 Å². The molecular weight excluding hydrogens is 254 g/mol. The molecule has 0 amide bonds. The van der Waals surface area contributed by atoms with Gasteiger partial charge in [0.05, 0.1) is 0 Å². The Labute approximate surface area is 131 Å². The van der Waals surface area contributed by atoms with Crippen LogP contribution in [0.15, 0.2) is 24.3 Å². The van der Waals surface area contributed by atoms with Gasteiger partial charge in [0, 0.05) is 6.04 Å². The molecule has 1 heteroatoms. The zero-order valence-corrected chi connectivity index (χ0v) is 14.0. The molecule has 0 radical (unpaired) electrons. The third kappa shape index (κ3) is 5.14. The van der Waals surface area contributed by atoms with Gasteiger partial charge in [-0.15, -0.1) is 0 Å². The fourth-order valence-corrected chi connectivity index (χ4v) is 3.67. The Hall–Kier alpha value is -0.820. The van der Waals surface area contributed by atoms with Gasteiger partial charge in [0.2, 0.25) is 0 Å². The number of rotatable bonds is 8. The van der Waals surface area contributed by atoms with Gasteiger partial charge in [-0.1, -0.05) is 76.6 Å². The van der Waals surface area contributed by atoms with Crippen LogP contribution in [0.5, 0.6) is 0 Å². The number of nitrogens with one attached hydrogen (secondary N) is 1. The van der Waals surface area contributed by atoms with Crippen molar-refractivity contribution in [2.45, 2.75) is 83.6 Å². The smallest absolute Gasteiger partial charge is 0.0320 e. The van der Waals surface area contributed by atoms with Gasteiger partial charge in [0.1, 0.15) is 0 Å². The van der Waals surface area contributed by atoms with Crippen LogP contribution < -0.4 is 5.32 Å². The van der Waals surface area contributed by atoms with E-state index >= 15 is 0 Å². The Morgan fingerprint density at radius 2 is 1.71 bits per heavy atom. The molecule has 21 heavy (non-hydrogen) atoms. The van der Waals surface area contributed by atoms with Crippen LogP contribution in [0.3, 0.4) is 0 Å². The lowest BCUT2D eigenvalue weighted by atomic mass is 9.83. The van der Waals surface area contributed by atoms with E-state index in [1.807, 2.05) is 0 Å². The predicted octanol–water partition coefficient (Wildman–Crippen LogP) is 5.97. The van der Waals surface area contributed by atoms with Crippen LogP contribution in [0.25, 0.3) is 0 Å². The highest BCUT2D eigenvalue weighted by Gasteiger charge is 2.16. The highest BCUT2D eigenvalue weighted by Crippen LogP contribution is 2.33. The lowest BCUT2D eigenvalue weighted by Crippen LogP contribution is -2.20. The van der Waals surface area contributed by atoms with Crippen LogP contribution in [0.4, 0.5) is 0 Å². The molecule has 1 unspecified atom stereocenters. The minimum atomic E-state index is 0.543. The van der Waals surface area contributed by atoms with Gasteiger partial charge in [-0.25, -0.2) is 0 Å². The molecule has 1 saturated carbocycles. The van der Waals surface area contributed by atoms with Crippen molar-refractivity contribution < 1.29 is 0 Å². The number of hydrogen-bond acceptors (Lipinski definition) is 1. The minimum Gasteiger partial charge on any atom is -0.310 e. The summed E-state index contributed by atoms with van der Waals surface area (Å²) in [4.78, 5) is 0. The molecule has 1 aromatic carbocycles.